The molecule has 0 saturated carbocycles. The lowest BCUT2D eigenvalue weighted by molar-refractivity contribution is 0.0996. The summed E-state index contributed by atoms with van der Waals surface area (Å²) in [6.45, 7) is 10.7. The average molecular weight is 286 g/mol. The number of hydrogen-bond donors (Lipinski definition) is 0. The Bertz CT molecular complexity index is 629. The number of aryl methyl sites for hydroxylation is 2. The van der Waals surface area contributed by atoms with Crippen LogP contribution in [-0.4, -0.2) is 5.78 Å². The minimum Gasteiger partial charge on any atom is -0.293 e. The minimum atomic E-state index is 0.114. The first-order valence-corrected chi connectivity index (χ1v) is 7.78. The Morgan fingerprint density at radius 2 is 1.80 bits per heavy atom. The smallest absolute Gasteiger partial charge is 0.177 e. The second kappa shape index (κ2) is 5.53. The Kier molecular flexibility index (Phi) is 4.14. The molecule has 0 aliphatic carbocycles. The quantitative estimate of drug-likeness (QED) is 0.718. The van der Waals surface area contributed by atoms with Crippen LogP contribution < -0.4 is 0 Å². The summed E-state index contributed by atoms with van der Waals surface area (Å²) >= 11 is 1.63. The number of carbonyl (C=O) groups excluding carboxylic acids is 1. The predicted octanol–water partition coefficient (Wildman–Crippen LogP) is 5.09. The summed E-state index contributed by atoms with van der Waals surface area (Å²) in [5, 5.41) is 0. The van der Waals surface area contributed by atoms with E-state index in [0.29, 0.717) is 6.42 Å². The second-order valence-electron chi connectivity index (χ2n) is 6.44. The SMILES string of the molecule is Cc1ccc(C)c(CC(=O)c2ccc(C(C)(C)C)s2)c1. The van der Waals surface area contributed by atoms with Crippen molar-refractivity contribution >= 4 is 17.1 Å². The first-order chi connectivity index (χ1) is 9.27. The van der Waals surface area contributed by atoms with Crippen LogP contribution in [0, 0.1) is 13.8 Å². The molecular weight excluding hydrogens is 264 g/mol. The Hall–Kier alpha value is -1.41. The summed E-state index contributed by atoms with van der Waals surface area (Å²) < 4.78 is 0. The van der Waals surface area contributed by atoms with Crippen LogP contribution in [0.5, 0.6) is 0 Å². The van der Waals surface area contributed by atoms with Crippen LogP contribution in [0.15, 0.2) is 30.3 Å². The van der Waals surface area contributed by atoms with E-state index in [-0.39, 0.29) is 11.2 Å². The van der Waals surface area contributed by atoms with Crippen molar-refractivity contribution in [3.8, 4) is 0 Å². The highest BCUT2D eigenvalue weighted by molar-refractivity contribution is 7.14. The molecule has 1 aromatic carbocycles. The van der Waals surface area contributed by atoms with Gasteiger partial charge in [0.15, 0.2) is 5.78 Å². The summed E-state index contributed by atoms with van der Waals surface area (Å²) in [6.07, 6.45) is 0.498. The van der Waals surface area contributed by atoms with Crippen molar-refractivity contribution in [1.29, 1.82) is 0 Å². The maximum Gasteiger partial charge on any atom is 0.177 e. The van der Waals surface area contributed by atoms with Gasteiger partial charge >= 0.3 is 0 Å². The van der Waals surface area contributed by atoms with Crippen LogP contribution in [0.2, 0.25) is 0 Å². The lowest BCUT2D eigenvalue weighted by Crippen LogP contribution is -2.08. The Morgan fingerprint density at radius 1 is 1.10 bits per heavy atom. The zero-order chi connectivity index (χ0) is 14.9. The number of benzene rings is 1. The van der Waals surface area contributed by atoms with E-state index >= 15 is 0 Å². The van der Waals surface area contributed by atoms with Gasteiger partial charge in [0.2, 0.25) is 0 Å². The highest BCUT2D eigenvalue weighted by atomic mass is 32.1. The molecule has 2 aromatic rings. The van der Waals surface area contributed by atoms with E-state index < -0.39 is 0 Å². The molecule has 0 unspecified atom stereocenters. The van der Waals surface area contributed by atoms with Gasteiger partial charge in [0, 0.05) is 11.3 Å². The highest BCUT2D eigenvalue weighted by Crippen LogP contribution is 2.30. The number of Topliss-reactive ketones (excluding diaryl/α,β-unsaturated/α-hetero) is 1. The number of ketones is 1. The summed E-state index contributed by atoms with van der Waals surface area (Å²) in [6, 6.07) is 10.4. The monoisotopic (exact) mass is 286 g/mol. The summed E-state index contributed by atoms with van der Waals surface area (Å²) in [7, 11) is 0. The van der Waals surface area contributed by atoms with Crippen molar-refractivity contribution in [3.63, 3.8) is 0 Å². The number of hydrogen-bond acceptors (Lipinski definition) is 2. The zero-order valence-corrected chi connectivity index (χ0v) is 13.7. The minimum absolute atomic E-state index is 0.114. The van der Waals surface area contributed by atoms with Gasteiger partial charge in [-0.3, -0.25) is 4.79 Å². The molecule has 0 N–H and O–H groups in total. The normalized spacial score (nSPS) is 11.7. The molecule has 20 heavy (non-hydrogen) atoms. The van der Waals surface area contributed by atoms with Crippen molar-refractivity contribution in [2.45, 2.75) is 46.5 Å². The molecule has 106 valence electrons. The first kappa shape index (κ1) is 15.0. The third kappa shape index (κ3) is 3.37. The van der Waals surface area contributed by atoms with E-state index in [1.807, 2.05) is 6.07 Å². The first-order valence-electron chi connectivity index (χ1n) is 6.97. The van der Waals surface area contributed by atoms with Gasteiger partial charge in [-0.25, -0.2) is 0 Å². The molecule has 0 aliphatic heterocycles. The van der Waals surface area contributed by atoms with Gasteiger partial charge in [-0.15, -0.1) is 11.3 Å². The molecule has 0 saturated heterocycles. The molecule has 0 radical (unpaired) electrons. The third-order valence-corrected chi connectivity index (χ3v) is 5.03. The van der Waals surface area contributed by atoms with E-state index in [4.69, 9.17) is 0 Å². The standard InChI is InChI=1S/C18H22OS/c1-12-6-7-13(2)14(10-12)11-15(19)16-8-9-17(20-16)18(3,4)5/h6-10H,11H2,1-5H3. The largest absolute Gasteiger partial charge is 0.293 e. The van der Waals surface area contributed by atoms with Crippen LogP contribution in [0.25, 0.3) is 0 Å². The van der Waals surface area contributed by atoms with Crippen LogP contribution >= 0.6 is 11.3 Å². The maximum absolute atomic E-state index is 12.4. The second-order valence-corrected chi connectivity index (χ2v) is 7.53. The Labute approximate surface area is 125 Å². The van der Waals surface area contributed by atoms with Gasteiger partial charge in [-0.05, 0) is 42.5 Å². The fourth-order valence-corrected chi connectivity index (χ4v) is 3.14. The van der Waals surface area contributed by atoms with Gasteiger partial charge in [0.05, 0.1) is 4.88 Å². The van der Waals surface area contributed by atoms with Gasteiger partial charge in [0.1, 0.15) is 0 Å². The Balaban J connectivity index is 2.20. The molecule has 2 rings (SSSR count). The number of rotatable bonds is 3. The van der Waals surface area contributed by atoms with E-state index in [2.05, 4.69) is 58.9 Å². The van der Waals surface area contributed by atoms with Gasteiger partial charge in [0.25, 0.3) is 0 Å². The lowest BCUT2D eigenvalue weighted by atomic mass is 9.95. The van der Waals surface area contributed by atoms with Gasteiger partial charge in [-0.1, -0.05) is 44.5 Å². The van der Waals surface area contributed by atoms with Crippen LogP contribution in [0.4, 0.5) is 0 Å². The molecule has 2 heteroatoms. The van der Waals surface area contributed by atoms with E-state index in [9.17, 15) is 4.79 Å². The van der Waals surface area contributed by atoms with Crippen molar-refractivity contribution in [2.75, 3.05) is 0 Å². The van der Waals surface area contributed by atoms with Crippen molar-refractivity contribution in [3.05, 3.63) is 56.8 Å². The predicted molar refractivity (Wildman–Crippen MR) is 87.0 cm³/mol. The molecule has 0 bridgehead atoms. The van der Waals surface area contributed by atoms with Gasteiger partial charge < -0.3 is 0 Å². The van der Waals surface area contributed by atoms with Crippen LogP contribution in [-0.2, 0) is 11.8 Å². The van der Waals surface area contributed by atoms with Crippen molar-refractivity contribution in [1.82, 2.24) is 0 Å². The van der Waals surface area contributed by atoms with E-state index in [1.165, 1.54) is 16.0 Å². The van der Waals surface area contributed by atoms with E-state index in [1.54, 1.807) is 11.3 Å². The molecule has 0 atom stereocenters. The summed E-state index contributed by atoms with van der Waals surface area (Å²) in [4.78, 5) is 14.6. The summed E-state index contributed by atoms with van der Waals surface area (Å²) in [5.74, 6) is 0.221. The van der Waals surface area contributed by atoms with Crippen LogP contribution in [0.3, 0.4) is 0 Å². The van der Waals surface area contributed by atoms with E-state index in [0.717, 1.165) is 10.4 Å². The molecule has 0 spiro atoms. The number of thiophene rings is 1. The third-order valence-electron chi connectivity index (χ3n) is 3.48. The van der Waals surface area contributed by atoms with Crippen molar-refractivity contribution < 1.29 is 4.79 Å². The topological polar surface area (TPSA) is 17.1 Å². The molecular formula is C18H22OS. The number of carbonyl (C=O) groups is 1. The zero-order valence-electron chi connectivity index (χ0n) is 12.9. The highest BCUT2D eigenvalue weighted by Gasteiger charge is 2.18. The van der Waals surface area contributed by atoms with Crippen molar-refractivity contribution in [2.24, 2.45) is 0 Å². The fraction of sp³-hybridized carbons (Fsp3) is 0.389. The molecule has 1 aromatic heterocycles. The van der Waals surface area contributed by atoms with Gasteiger partial charge in [-0.2, -0.15) is 0 Å². The molecule has 0 amide bonds. The molecule has 0 aliphatic rings. The molecule has 1 heterocycles. The van der Waals surface area contributed by atoms with Crippen LogP contribution in [0.1, 0.15) is 52.0 Å². The molecule has 1 nitrogen and oxygen atoms in total. The fourth-order valence-electron chi connectivity index (χ4n) is 2.14. The average Bonchev–Trinajstić information content (AvgIpc) is 2.83. The Morgan fingerprint density at radius 3 is 2.40 bits per heavy atom. The molecule has 0 fully saturated rings. The lowest BCUT2D eigenvalue weighted by Gasteiger charge is -2.15. The maximum atomic E-state index is 12.4. The summed E-state index contributed by atoms with van der Waals surface area (Å²) in [5.41, 5.74) is 3.65.